The van der Waals surface area contributed by atoms with Gasteiger partial charge in [0, 0.05) is 24.2 Å². The van der Waals surface area contributed by atoms with Gasteiger partial charge in [0.1, 0.15) is 5.69 Å². The van der Waals surface area contributed by atoms with Gasteiger partial charge in [-0.25, -0.2) is 8.42 Å². The average Bonchev–Trinajstić information content (AvgIpc) is 2.33. The van der Waals surface area contributed by atoms with E-state index in [2.05, 4.69) is 0 Å². The zero-order chi connectivity index (χ0) is 14.2. The van der Waals surface area contributed by atoms with Crippen LogP contribution in [0.4, 0.5) is 11.4 Å². The first-order valence-corrected chi connectivity index (χ1v) is 7.81. The molecule has 1 aliphatic heterocycles. The van der Waals surface area contributed by atoms with Gasteiger partial charge in [0.15, 0.2) is 9.84 Å². The van der Waals surface area contributed by atoms with Crippen LogP contribution in [-0.4, -0.2) is 37.4 Å². The van der Waals surface area contributed by atoms with E-state index in [-0.39, 0.29) is 29.6 Å². The van der Waals surface area contributed by atoms with E-state index in [9.17, 15) is 18.5 Å². The molecule has 1 unspecified atom stereocenters. The predicted octanol–water partition coefficient (Wildman–Crippen LogP) is 1.87. The number of nitro benzene ring substituents is 1. The van der Waals surface area contributed by atoms with Gasteiger partial charge in [-0.2, -0.15) is 0 Å². The van der Waals surface area contributed by atoms with E-state index < -0.39 is 20.0 Å². The molecular weight excluding hydrogens is 292 g/mol. The maximum Gasteiger partial charge on any atom is 0.294 e. The number of nitro groups is 1. The molecule has 1 aromatic carbocycles. The average molecular weight is 305 g/mol. The van der Waals surface area contributed by atoms with Crippen LogP contribution in [0.15, 0.2) is 18.2 Å². The van der Waals surface area contributed by atoms with Crippen molar-refractivity contribution in [1.29, 1.82) is 0 Å². The van der Waals surface area contributed by atoms with Gasteiger partial charge in [0.2, 0.25) is 0 Å². The third-order valence-corrected chi connectivity index (χ3v) is 5.57. The lowest BCUT2D eigenvalue weighted by atomic mass is 10.2. The predicted molar refractivity (Wildman–Crippen MR) is 73.6 cm³/mol. The lowest BCUT2D eigenvalue weighted by Gasteiger charge is -2.32. The van der Waals surface area contributed by atoms with Crippen molar-refractivity contribution in [3.05, 3.63) is 33.3 Å². The Bertz CT molecular complexity index is 617. The van der Waals surface area contributed by atoms with E-state index in [1.807, 2.05) is 0 Å². The molecule has 0 amide bonds. The number of hydrogen-bond acceptors (Lipinski definition) is 5. The van der Waals surface area contributed by atoms with E-state index in [1.165, 1.54) is 6.07 Å². The molecule has 0 saturated carbocycles. The number of halogens is 1. The highest BCUT2D eigenvalue weighted by molar-refractivity contribution is 7.92. The molecule has 6 nitrogen and oxygen atoms in total. The van der Waals surface area contributed by atoms with Gasteiger partial charge >= 0.3 is 0 Å². The maximum absolute atomic E-state index is 11.6. The number of hydrogen-bond donors (Lipinski definition) is 0. The van der Waals surface area contributed by atoms with Crippen molar-refractivity contribution >= 4 is 32.8 Å². The summed E-state index contributed by atoms with van der Waals surface area (Å²) >= 11 is 5.75. The highest BCUT2D eigenvalue weighted by atomic mass is 35.5. The quantitative estimate of drug-likeness (QED) is 0.615. The minimum Gasteiger partial charge on any atom is -0.364 e. The molecule has 1 heterocycles. The molecule has 8 heteroatoms. The Morgan fingerprint density at radius 2 is 2.16 bits per heavy atom. The van der Waals surface area contributed by atoms with E-state index in [0.717, 1.165) is 0 Å². The van der Waals surface area contributed by atoms with Gasteiger partial charge in [-0.05, 0) is 19.1 Å². The second-order valence-corrected chi connectivity index (χ2v) is 7.49. The smallest absolute Gasteiger partial charge is 0.294 e. The monoisotopic (exact) mass is 304 g/mol. The Hall–Kier alpha value is -1.34. The van der Waals surface area contributed by atoms with Crippen molar-refractivity contribution < 1.29 is 13.3 Å². The fourth-order valence-corrected chi connectivity index (χ4v) is 3.53. The number of nitrogens with zero attached hydrogens (tertiary/aromatic N) is 2. The van der Waals surface area contributed by atoms with Crippen LogP contribution in [0.5, 0.6) is 0 Å². The molecule has 0 bridgehead atoms. The highest BCUT2D eigenvalue weighted by Crippen LogP contribution is 2.32. The maximum atomic E-state index is 11.6. The molecule has 1 aromatic rings. The van der Waals surface area contributed by atoms with Crippen LogP contribution >= 0.6 is 11.6 Å². The Balaban J connectivity index is 2.36. The third kappa shape index (κ3) is 2.82. The van der Waals surface area contributed by atoms with E-state index in [4.69, 9.17) is 11.6 Å². The summed E-state index contributed by atoms with van der Waals surface area (Å²) in [6.07, 6.45) is 0. The second kappa shape index (κ2) is 4.97. The van der Waals surface area contributed by atoms with Crippen molar-refractivity contribution in [3.63, 3.8) is 0 Å². The fourth-order valence-electron chi connectivity index (χ4n) is 2.08. The Morgan fingerprint density at radius 1 is 1.47 bits per heavy atom. The van der Waals surface area contributed by atoms with Crippen LogP contribution in [0.1, 0.15) is 6.92 Å². The summed E-state index contributed by atoms with van der Waals surface area (Å²) in [4.78, 5) is 12.2. The molecule has 19 heavy (non-hydrogen) atoms. The van der Waals surface area contributed by atoms with Crippen LogP contribution in [-0.2, 0) is 9.84 Å². The Labute approximate surface area is 116 Å². The number of sulfone groups is 1. The van der Waals surface area contributed by atoms with Crippen LogP contribution in [0.3, 0.4) is 0 Å². The molecule has 0 aromatic heterocycles. The first kappa shape index (κ1) is 14.1. The van der Waals surface area contributed by atoms with Gasteiger partial charge in [0.05, 0.1) is 15.9 Å². The van der Waals surface area contributed by atoms with Crippen molar-refractivity contribution in [1.82, 2.24) is 0 Å². The van der Waals surface area contributed by atoms with Crippen molar-refractivity contribution in [3.8, 4) is 0 Å². The molecule has 0 aliphatic carbocycles. The summed E-state index contributed by atoms with van der Waals surface area (Å²) in [7, 11) is -3.08. The molecule has 1 aliphatic rings. The summed E-state index contributed by atoms with van der Waals surface area (Å²) in [5.74, 6) is 0.00788. The standard InChI is InChI=1S/C11H13ClN2O4S/c1-8-7-13(4-5-19(8,17)18)10-3-2-9(12)6-11(10)14(15)16/h2-3,6,8H,4-5,7H2,1H3. The number of anilines is 1. The zero-order valence-electron chi connectivity index (χ0n) is 10.2. The third-order valence-electron chi connectivity index (χ3n) is 3.21. The zero-order valence-corrected chi connectivity index (χ0v) is 11.8. The lowest BCUT2D eigenvalue weighted by molar-refractivity contribution is -0.384. The molecular formula is C11H13ClN2O4S. The van der Waals surface area contributed by atoms with Gasteiger partial charge in [0.25, 0.3) is 5.69 Å². The van der Waals surface area contributed by atoms with Crippen LogP contribution < -0.4 is 4.90 Å². The lowest BCUT2D eigenvalue weighted by Crippen LogP contribution is -2.45. The van der Waals surface area contributed by atoms with Crippen LogP contribution in [0.25, 0.3) is 0 Å². The summed E-state index contributed by atoms with van der Waals surface area (Å²) in [6, 6.07) is 4.41. The molecule has 2 rings (SSSR count). The first-order valence-electron chi connectivity index (χ1n) is 5.72. The van der Waals surface area contributed by atoms with Crippen molar-refractivity contribution in [2.45, 2.75) is 12.2 Å². The minimum atomic E-state index is -3.08. The summed E-state index contributed by atoms with van der Waals surface area (Å²) in [5.41, 5.74) is 0.315. The number of benzene rings is 1. The largest absolute Gasteiger partial charge is 0.364 e. The van der Waals surface area contributed by atoms with Gasteiger partial charge < -0.3 is 4.90 Å². The molecule has 0 spiro atoms. The van der Waals surface area contributed by atoms with Gasteiger partial charge in [-0.3, -0.25) is 10.1 Å². The summed E-state index contributed by atoms with van der Waals surface area (Å²) in [6.45, 7) is 2.13. The Morgan fingerprint density at radius 3 is 2.74 bits per heavy atom. The van der Waals surface area contributed by atoms with Gasteiger partial charge in [-0.1, -0.05) is 11.6 Å². The SMILES string of the molecule is CC1CN(c2ccc(Cl)cc2[N+](=O)[O-])CCS1(=O)=O. The summed E-state index contributed by atoms with van der Waals surface area (Å²) < 4.78 is 23.3. The molecule has 104 valence electrons. The second-order valence-electron chi connectivity index (χ2n) is 4.51. The van der Waals surface area contributed by atoms with Crippen molar-refractivity contribution in [2.75, 3.05) is 23.7 Å². The molecule has 0 N–H and O–H groups in total. The molecule has 1 atom stereocenters. The fraction of sp³-hybridized carbons (Fsp3) is 0.455. The van der Waals surface area contributed by atoms with E-state index >= 15 is 0 Å². The van der Waals surface area contributed by atoms with Crippen LogP contribution in [0, 0.1) is 10.1 Å². The van der Waals surface area contributed by atoms with Crippen LogP contribution in [0.2, 0.25) is 5.02 Å². The Kier molecular flexibility index (Phi) is 3.69. The highest BCUT2D eigenvalue weighted by Gasteiger charge is 2.32. The first-order chi connectivity index (χ1) is 8.81. The molecule has 1 fully saturated rings. The minimum absolute atomic E-state index is 0.00788. The van der Waals surface area contributed by atoms with Gasteiger partial charge in [-0.15, -0.1) is 0 Å². The van der Waals surface area contributed by atoms with Crippen molar-refractivity contribution in [2.24, 2.45) is 0 Å². The molecule has 0 radical (unpaired) electrons. The normalized spacial score (nSPS) is 22.2. The van der Waals surface area contributed by atoms with E-state index in [1.54, 1.807) is 24.0 Å². The summed E-state index contributed by atoms with van der Waals surface area (Å²) in [5, 5.41) is 10.8. The number of rotatable bonds is 2. The van der Waals surface area contributed by atoms with E-state index in [0.29, 0.717) is 5.69 Å². The topological polar surface area (TPSA) is 80.5 Å². The molecule has 1 saturated heterocycles.